The van der Waals surface area contributed by atoms with Crippen LogP contribution in [0.1, 0.15) is 17.8 Å². The summed E-state index contributed by atoms with van der Waals surface area (Å²) in [6.07, 6.45) is 3.46. The number of tetrazole rings is 1. The fourth-order valence-corrected chi connectivity index (χ4v) is 2.06. The van der Waals surface area contributed by atoms with Crippen molar-refractivity contribution in [3.63, 3.8) is 0 Å². The quantitative estimate of drug-likeness (QED) is 0.700. The van der Waals surface area contributed by atoms with Crippen molar-refractivity contribution in [2.24, 2.45) is 0 Å². The van der Waals surface area contributed by atoms with E-state index < -0.39 is 0 Å². The highest BCUT2D eigenvalue weighted by Gasteiger charge is 2.05. The molecule has 0 bridgehead atoms. The molecule has 0 saturated carbocycles. The van der Waals surface area contributed by atoms with Crippen LogP contribution >= 0.6 is 0 Å². The van der Waals surface area contributed by atoms with E-state index in [1.165, 1.54) is 6.33 Å². The van der Waals surface area contributed by atoms with Crippen LogP contribution in [0.5, 0.6) is 0 Å². The lowest BCUT2D eigenvalue weighted by molar-refractivity contribution is -0.121. The third-order valence-electron chi connectivity index (χ3n) is 3.37. The molecule has 1 aromatic carbocycles. The lowest BCUT2D eigenvalue weighted by Gasteiger charge is -2.07. The second kappa shape index (κ2) is 6.77. The molecule has 0 fully saturated rings. The molecule has 1 amide bonds. The van der Waals surface area contributed by atoms with Gasteiger partial charge in [0.1, 0.15) is 18.5 Å². The van der Waals surface area contributed by atoms with Crippen molar-refractivity contribution in [3.05, 3.63) is 48.3 Å². The lowest BCUT2D eigenvalue weighted by Crippen LogP contribution is -2.24. The van der Waals surface area contributed by atoms with Gasteiger partial charge in [-0.1, -0.05) is 12.1 Å². The standard InChI is InChI=1S/C14H16N8O/c1-11-18-19-20-21(11)7-6-14(23)16-8-12-2-4-13(5-3-12)22-10-15-9-17-22/h2-5,9-10H,6-8H2,1H3,(H,16,23). The van der Waals surface area contributed by atoms with Crippen LogP contribution in [0.4, 0.5) is 0 Å². The van der Waals surface area contributed by atoms with E-state index in [1.54, 1.807) is 22.6 Å². The molecule has 0 aliphatic heterocycles. The van der Waals surface area contributed by atoms with Crippen LogP contribution < -0.4 is 5.32 Å². The molecule has 0 aliphatic rings. The Bertz CT molecular complexity index is 762. The van der Waals surface area contributed by atoms with Crippen molar-refractivity contribution in [3.8, 4) is 5.69 Å². The summed E-state index contributed by atoms with van der Waals surface area (Å²) in [5.74, 6) is 0.654. The second-order valence-corrected chi connectivity index (χ2v) is 4.98. The van der Waals surface area contributed by atoms with Crippen molar-refractivity contribution in [2.45, 2.75) is 26.4 Å². The van der Waals surface area contributed by atoms with Gasteiger partial charge < -0.3 is 5.32 Å². The van der Waals surface area contributed by atoms with Gasteiger partial charge in [0.25, 0.3) is 0 Å². The largest absolute Gasteiger partial charge is 0.352 e. The molecule has 118 valence electrons. The number of hydrogen-bond acceptors (Lipinski definition) is 6. The van der Waals surface area contributed by atoms with Crippen molar-refractivity contribution >= 4 is 5.91 Å². The summed E-state index contributed by atoms with van der Waals surface area (Å²) in [7, 11) is 0. The van der Waals surface area contributed by atoms with Gasteiger partial charge in [-0.05, 0) is 35.0 Å². The summed E-state index contributed by atoms with van der Waals surface area (Å²) in [5.41, 5.74) is 1.94. The van der Waals surface area contributed by atoms with Gasteiger partial charge in [0.15, 0.2) is 0 Å². The summed E-state index contributed by atoms with van der Waals surface area (Å²) in [5, 5.41) is 18.1. The van der Waals surface area contributed by atoms with E-state index in [0.717, 1.165) is 11.3 Å². The SMILES string of the molecule is Cc1nnnn1CCC(=O)NCc1ccc(-n2cncn2)cc1. The average molecular weight is 312 g/mol. The van der Waals surface area contributed by atoms with E-state index in [-0.39, 0.29) is 5.91 Å². The number of amides is 1. The zero-order valence-electron chi connectivity index (χ0n) is 12.6. The zero-order chi connectivity index (χ0) is 16.1. The van der Waals surface area contributed by atoms with Crippen LogP contribution in [0, 0.1) is 6.92 Å². The predicted molar refractivity (Wildman–Crippen MR) is 80.4 cm³/mol. The van der Waals surface area contributed by atoms with Crippen LogP contribution in [0.25, 0.3) is 5.69 Å². The molecule has 9 nitrogen and oxygen atoms in total. The first-order valence-electron chi connectivity index (χ1n) is 7.16. The summed E-state index contributed by atoms with van der Waals surface area (Å²) >= 11 is 0. The van der Waals surface area contributed by atoms with Gasteiger partial charge in [0.2, 0.25) is 5.91 Å². The highest BCUT2D eigenvalue weighted by atomic mass is 16.1. The van der Waals surface area contributed by atoms with Crippen LogP contribution in [0.15, 0.2) is 36.9 Å². The Balaban J connectivity index is 1.48. The number of nitrogens with one attached hydrogen (secondary N) is 1. The molecule has 23 heavy (non-hydrogen) atoms. The molecular formula is C14H16N8O. The van der Waals surface area contributed by atoms with Gasteiger partial charge in [0.05, 0.1) is 12.2 Å². The highest BCUT2D eigenvalue weighted by molar-refractivity contribution is 5.75. The number of nitrogens with zero attached hydrogens (tertiary/aromatic N) is 7. The van der Waals surface area contributed by atoms with Gasteiger partial charge >= 0.3 is 0 Å². The van der Waals surface area contributed by atoms with Gasteiger partial charge in [-0.2, -0.15) is 5.10 Å². The number of aromatic nitrogens is 7. The summed E-state index contributed by atoms with van der Waals surface area (Å²) < 4.78 is 3.28. The molecular weight excluding hydrogens is 296 g/mol. The maximum atomic E-state index is 11.9. The number of carbonyl (C=O) groups excluding carboxylic acids is 1. The van der Waals surface area contributed by atoms with Gasteiger partial charge in [-0.3, -0.25) is 4.79 Å². The highest BCUT2D eigenvalue weighted by Crippen LogP contribution is 2.07. The van der Waals surface area contributed by atoms with Crippen molar-refractivity contribution in [2.75, 3.05) is 0 Å². The van der Waals surface area contributed by atoms with Gasteiger partial charge in [0, 0.05) is 13.0 Å². The molecule has 0 saturated heterocycles. The van der Waals surface area contributed by atoms with Crippen LogP contribution in [-0.4, -0.2) is 40.9 Å². The summed E-state index contributed by atoms with van der Waals surface area (Å²) in [4.78, 5) is 15.8. The third kappa shape index (κ3) is 3.76. The minimum Gasteiger partial charge on any atom is -0.352 e. The topological polar surface area (TPSA) is 103 Å². The Morgan fingerprint density at radius 2 is 2.09 bits per heavy atom. The Morgan fingerprint density at radius 1 is 1.26 bits per heavy atom. The average Bonchev–Trinajstić information content (AvgIpc) is 3.23. The molecule has 0 spiro atoms. The van der Waals surface area contributed by atoms with Crippen molar-refractivity contribution in [1.82, 2.24) is 40.3 Å². The van der Waals surface area contributed by atoms with E-state index in [4.69, 9.17) is 0 Å². The van der Waals surface area contributed by atoms with Crippen molar-refractivity contribution < 1.29 is 4.79 Å². The lowest BCUT2D eigenvalue weighted by atomic mass is 10.2. The number of rotatable bonds is 6. The number of benzene rings is 1. The van der Waals surface area contributed by atoms with Gasteiger partial charge in [-0.15, -0.1) is 5.10 Å². The molecule has 2 aromatic heterocycles. The number of aryl methyl sites for hydroxylation is 2. The molecule has 3 aromatic rings. The third-order valence-corrected chi connectivity index (χ3v) is 3.37. The van der Waals surface area contributed by atoms with E-state index in [2.05, 4.69) is 30.9 Å². The minimum absolute atomic E-state index is 0.0414. The Labute approximate surface area is 132 Å². The molecule has 2 heterocycles. The molecule has 1 N–H and O–H groups in total. The predicted octanol–water partition coefficient (Wildman–Crippen LogP) is 0.269. The fourth-order valence-electron chi connectivity index (χ4n) is 2.06. The van der Waals surface area contributed by atoms with E-state index in [0.29, 0.717) is 25.3 Å². The van der Waals surface area contributed by atoms with Crippen LogP contribution in [0.3, 0.4) is 0 Å². The Morgan fingerprint density at radius 3 is 2.74 bits per heavy atom. The maximum absolute atomic E-state index is 11.9. The normalized spacial score (nSPS) is 10.7. The van der Waals surface area contributed by atoms with Crippen molar-refractivity contribution in [1.29, 1.82) is 0 Å². The first-order chi connectivity index (χ1) is 11.2. The molecule has 0 radical (unpaired) electrons. The minimum atomic E-state index is -0.0414. The second-order valence-electron chi connectivity index (χ2n) is 4.98. The van der Waals surface area contributed by atoms with E-state index in [9.17, 15) is 4.79 Å². The Kier molecular flexibility index (Phi) is 4.37. The smallest absolute Gasteiger partial charge is 0.222 e. The number of carbonyl (C=O) groups is 1. The summed E-state index contributed by atoms with van der Waals surface area (Å²) in [6.45, 7) is 2.75. The first-order valence-corrected chi connectivity index (χ1v) is 7.16. The molecule has 0 atom stereocenters. The fraction of sp³-hybridized carbons (Fsp3) is 0.286. The molecule has 9 heteroatoms. The molecule has 3 rings (SSSR count). The monoisotopic (exact) mass is 312 g/mol. The Hall–Kier alpha value is -3.10. The molecule has 0 unspecified atom stereocenters. The van der Waals surface area contributed by atoms with Crippen LogP contribution in [0.2, 0.25) is 0 Å². The van der Waals surface area contributed by atoms with E-state index >= 15 is 0 Å². The first kappa shape index (κ1) is 14.8. The van der Waals surface area contributed by atoms with Crippen LogP contribution in [-0.2, 0) is 17.9 Å². The molecule has 0 aliphatic carbocycles. The van der Waals surface area contributed by atoms with E-state index in [1.807, 2.05) is 24.3 Å². The number of hydrogen-bond donors (Lipinski definition) is 1. The maximum Gasteiger partial charge on any atom is 0.222 e. The zero-order valence-corrected chi connectivity index (χ0v) is 12.6. The summed E-state index contributed by atoms with van der Waals surface area (Å²) in [6, 6.07) is 7.76. The van der Waals surface area contributed by atoms with Gasteiger partial charge in [-0.25, -0.2) is 14.3 Å².